The summed E-state index contributed by atoms with van der Waals surface area (Å²) in [5.74, 6) is -0.743. The highest BCUT2D eigenvalue weighted by Gasteiger charge is 2.10. The summed E-state index contributed by atoms with van der Waals surface area (Å²) in [6.45, 7) is 1.27. The average molecular weight is 258 g/mol. The van der Waals surface area contributed by atoms with Crippen LogP contribution in [-0.4, -0.2) is 15.3 Å². The van der Waals surface area contributed by atoms with Crippen LogP contribution in [0.2, 0.25) is 0 Å². The molecule has 4 heteroatoms. The molecule has 0 fully saturated rings. The molecule has 0 bridgehead atoms. The van der Waals surface area contributed by atoms with Crippen LogP contribution in [0.4, 0.5) is 0 Å². The van der Waals surface area contributed by atoms with E-state index in [-0.39, 0.29) is 21.7 Å². The first kappa shape index (κ1) is 9.30. The fraction of sp³-hybridized carbons (Fsp3) is 0.600. The molecule has 0 aliphatic heterocycles. The fourth-order valence-corrected chi connectivity index (χ4v) is 0.872. The number of Topliss-reactive ketones (excluding diaryl/α,β-unsaturated/α-hetero) is 2. The summed E-state index contributed by atoms with van der Waals surface area (Å²) < 4.78 is -0.0820. The van der Waals surface area contributed by atoms with Gasteiger partial charge in [0, 0.05) is 13.3 Å². The van der Waals surface area contributed by atoms with Crippen LogP contribution < -0.4 is 0 Å². The SMILES string of the molecule is CC(=O)C(=O)CC(Br)Br. The van der Waals surface area contributed by atoms with Crippen molar-refractivity contribution in [3.63, 3.8) is 0 Å². The van der Waals surface area contributed by atoms with Gasteiger partial charge in [-0.3, -0.25) is 9.59 Å². The van der Waals surface area contributed by atoms with Crippen LogP contribution in [-0.2, 0) is 9.59 Å². The van der Waals surface area contributed by atoms with Gasteiger partial charge in [0.05, 0.1) is 3.74 Å². The molecule has 9 heavy (non-hydrogen) atoms. The van der Waals surface area contributed by atoms with Gasteiger partial charge in [-0.15, -0.1) is 0 Å². The van der Waals surface area contributed by atoms with Crippen LogP contribution in [0.25, 0.3) is 0 Å². The summed E-state index contributed by atoms with van der Waals surface area (Å²) in [4.78, 5) is 20.8. The molecule has 0 heterocycles. The van der Waals surface area contributed by atoms with Crippen LogP contribution in [0, 0.1) is 0 Å². The van der Waals surface area contributed by atoms with E-state index in [2.05, 4.69) is 31.9 Å². The summed E-state index contributed by atoms with van der Waals surface area (Å²) >= 11 is 6.17. The fourth-order valence-electron chi connectivity index (χ4n) is 0.284. The Morgan fingerprint density at radius 1 is 1.44 bits per heavy atom. The highest BCUT2D eigenvalue weighted by molar-refractivity contribution is 9.24. The van der Waals surface area contributed by atoms with Crippen molar-refractivity contribution in [1.29, 1.82) is 0 Å². The molecule has 0 N–H and O–H groups in total. The molecule has 2 nitrogen and oxygen atoms in total. The highest BCUT2D eigenvalue weighted by atomic mass is 79.9. The second-order valence-corrected chi connectivity index (χ2v) is 5.01. The molecular formula is C5H6Br2O2. The molecule has 0 aromatic rings. The van der Waals surface area contributed by atoms with Gasteiger partial charge in [0.1, 0.15) is 0 Å². The van der Waals surface area contributed by atoms with Gasteiger partial charge in [-0.1, -0.05) is 31.9 Å². The van der Waals surface area contributed by atoms with E-state index in [1.54, 1.807) is 0 Å². The summed E-state index contributed by atoms with van der Waals surface area (Å²) in [7, 11) is 0. The van der Waals surface area contributed by atoms with E-state index in [0.29, 0.717) is 0 Å². The van der Waals surface area contributed by atoms with E-state index >= 15 is 0 Å². The minimum Gasteiger partial charge on any atom is -0.291 e. The number of rotatable bonds is 3. The molecule has 0 aliphatic carbocycles. The molecule has 0 rings (SSSR count). The Hall–Kier alpha value is 0.300. The molecule has 0 saturated heterocycles. The lowest BCUT2D eigenvalue weighted by molar-refractivity contribution is -0.135. The number of hydrogen-bond acceptors (Lipinski definition) is 2. The van der Waals surface area contributed by atoms with Crippen molar-refractivity contribution in [3.8, 4) is 0 Å². The zero-order valence-electron chi connectivity index (χ0n) is 4.86. The standard InChI is InChI=1S/C5H6Br2O2/c1-3(8)4(9)2-5(6)7/h5H,2H2,1H3. The largest absolute Gasteiger partial charge is 0.291 e. The maximum Gasteiger partial charge on any atom is 0.200 e. The first-order chi connectivity index (χ1) is 4.04. The van der Waals surface area contributed by atoms with E-state index < -0.39 is 0 Å². The second kappa shape index (κ2) is 4.17. The Bertz CT molecular complexity index is 131. The molecule has 0 radical (unpaired) electrons. The van der Waals surface area contributed by atoms with Crippen LogP contribution in [0.1, 0.15) is 13.3 Å². The highest BCUT2D eigenvalue weighted by Crippen LogP contribution is 2.12. The normalized spacial score (nSPS) is 9.78. The second-order valence-electron chi connectivity index (χ2n) is 1.57. The monoisotopic (exact) mass is 256 g/mol. The number of hydrogen-bond donors (Lipinski definition) is 0. The average Bonchev–Trinajstić information content (AvgIpc) is 1.63. The molecule has 0 aromatic carbocycles. The van der Waals surface area contributed by atoms with Crippen LogP contribution in [0.3, 0.4) is 0 Å². The molecule has 0 aliphatic rings. The van der Waals surface area contributed by atoms with Gasteiger partial charge in [0.25, 0.3) is 0 Å². The lowest BCUT2D eigenvalue weighted by Gasteiger charge is -1.94. The van der Waals surface area contributed by atoms with Gasteiger partial charge >= 0.3 is 0 Å². The van der Waals surface area contributed by atoms with E-state index in [9.17, 15) is 9.59 Å². The third kappa shape index (κ3) is 4.78. The smallest absolute Gasteiger partial charge is 0.200 e. The molecule has 52 valence electrons. The van der Waals surface area contributed by atoms with Crippen molar-refractivity contribution in [2.75, 3.05) is 0 Å². The predicted molar refractivity (Wildman–Crippen MR) is 41.9 cm³/mol. The van der Waals surface area contributed by atoms with Gasteiger partial charge in [-0.2, -0.15) is 0 Å². The Morgan fingerprint density at radius 3 is 2.00 bits per heavy atom. The van der Waals surface area contributed by atoms with Crippen molar-refractivity contribution >= 4 is 43.4 Å². The zero-order chi connectivity index (χ0) is 7.44. The zero-order valence-corrected chi connectivity index (χ0v) is 8.03. The minimum atomic E-state index is -0.390. The maximum absolute atomic E-state index is 10.5. The number of halogens is 2. The topological polar surface area (TPSA) is 34.1 Å². The third-order valence-corrected chi connectivity index (χ3v) is 1.38. The van der Waals surface area contributed by atoms with Crippen molar-refractivity contribution in [1.82, 2.24) is 0 Å². The Labute approximate surface area is 70.3 Å². The Kier molecular flexibility index (Phi) is 4.31. The Balaban J connectivity index is 3.65. The predicted octanol–water partition coefficient (Wildman–Crippen LogP) is 1.65. The summed E-state index contributed by atoms with van der Waals surface area (Å²) in [5, 5.41) is 0. The van der Waals surface area contributed by atoms with Gasteiger partial charge in [-0.25, -0.2) is 0 Å². The first-order valence-electron chi connectivity index (χ1n) is 2.36. The lowest BCUT2D eigenvalue weighted by Crippen LogP contribution is -2.11. The summed E-state index contributed by atoms with van der Waals surface area (Å²) in [5.41, 5.74) is 0. The molecule has 0 amide bonds. The minimum absolute atomic E-state index is 0.0820. The lowest BCUT2D eigenvalue weighted by atomic mass is 10.2. The van der Waals surface area contributed by atoms with Gasteiger partial charge in [0.2, 0.25) is 0 Å². The number of ketones is 2. The molecule has 0 atom stereocenters. The number of alkyl halides is 2. The van der Waals surface area contributed by atoms with Crippen LogP contribution >= 0.6 is 31.9 Å². The first-order valence-corrected chi connectivity index (χ1v) is 4.19. The quantitative estimate of drug-likeness (QED) is 0.569. The molecule has 0 aromatic heterocycles. The van der Waals surface area contributed by atoms with E-state index in [1.807, 2.05) is 0 Å². The summed E-state index contributed by atoms with van der Waals surface area (Å²) in [6, 6.07) is 0. The van der Waals surface area contributed by atoms with Crippen molar-refractivity contribution in [2.24, 2.45) is 0 Å². The van der Waals surface area contributed by atoms with Gasteiger partial charge in [0.15, 0.2) is 11.6 Å². The molecule has 0 spiro atoms. The maximum atomic E-state index is 10.5. The van der Waals surface area contributed by atoms with Gasteiger partial charge in [-0.05, 0) is 0 Å². The third-order valence-electron chi connectivity index (χ3n) is 0.732. The van der Waals surface area contributed by atoms with E-state index in [4.69, 9.17) is 0 Å². The molecule has 0 unspecified atom stereocenters. The van der Waals surface area contributed by atoms with Crippen LogP contribution in [0.15, 0.2) is 0 Å². The summed E-state index contributed by atoms with van der Waals surface area (Å²) in [6.07, 6.45) is 0.218. The van der Waals surface area contributed by atoms with E-state index in [0.717, 1.165) is 0 Å². The molecular weight excluding hydrogens is 252 g/mol. The molecule has 0 saturated carbocycles. The Morgan fingerprint density at radius 2 is 1.89 bits per heavy atom. The van der Waals surface area contributed by atoms with Gasteiger partial charge < -0.3 is 0 Å². The van der Waals surface area contributed by atoms with E-state index in [1.165, 1.54) is 6.92 Å². The van der Waals surface area contributed by atoms with Crippen molar-refractivity contribution in [3.05, 3.63) is 0 Å². The number of carbonyl (C=O) groups excluding carboxylic acids is 2. The van der Waals surface area contributed by atoms with Crippen molar-refractivity contribution < 1.29 is 9.59 Å². The van der Waals surface area contributed by atoms with Crippen LogP contribution in [0.5, 0.6) is 0 Å². The van der Waals surface area contributed by atoms with Crippen molar-refractivity contribution in [2.45, 2.75) is 17.1 Å². The number of carbonyl (C=O) groups is 2.